The first kappa shape index (κ1) is 6.77. The Bertz CT molecular complexity index is 80.0. The molecule has 2 heteroatoms. The summed E-state index contributed by atoms with van der Waals surface area (Å²) < 4.78 is 0. The zero-order chi connectivity index (χ0) is 4.24. The van der Waals surface area contributed by atoms with E-state index < -0.39 is 0 Å². The Labute approximate surface area is 55.5 Å². The van der Waals surface area contributed by atoms with Gasteiger partial charge in [-0.15, -0.1) is 0 Å². The van der Waals surface area contributed by atoms with Crippen LogP contribution in [0.15, 0.2) is 24.5 Å². The minimum atomic E-state index is 0. The largest absolute Gasteiger partial charge is 0.304 e. The molecule has 0 aliphatic rings. The summed E-state index contributed by atoms with van der Waals surface area (Å²) in [6.45, 7) is 0. The quantitative estimate of drug-likeness (QED) is 0.388. The summed E-state index contributed by atoms with van der Waals surface area (Å²) >= 11 is 0. The molecule has 1 rings (SSSR count). The zero-order valence-electron chi connectivity index (χ0n) is 3.96. The first-order chi connectivity index (χ1) is 3.00. The van der Waals surface area contributed by atoms with Crippen molar-refractivity contribution in [2.24, 2.45) is 0 Å². The van der Waals surface area contributed by atoms with E-state index in [1.54, 1.807) is 12.4 Å². The Kier molecular flexibility index (Phi) is 3.82. The Balaban J connectivity index is 0.000000360. The molecule has 32 valence electrons. The smallest absolute Gasteiger partial charge is 0 e. The topological polar surface area (TPSA) is 12.9 Å². The van der Waals surface area contributed by atoms with E-state index in [9.17, 15) is 0 Å². The molecule has 0 aliphatic heterocycles. The van der Waals surface area contributed by atoms with Crippen LogP contribution in [0, 0.1) is 6.07 Å². The van der Waals surface area contributed by atoms with Gasteiger partial charge in [0.15, 0.2) is 0 Å². The molecule has 1 heterocycles. The van der Waals surface area contributed by atoms with Crippen molar-refractivity contribution in [1.29, 1.82) is 0 Å². The van der Waals surface area contributed by atoms with E-state index in [-0.39, 0.29) is 19.5 Å². The van der Waals surface area contributed by atoms with Gasteiger partial charge in [0.25, 0.3) is 0 Å². The number of hydrogen-bond donors (Lipinski definition) is 0. The SMILES string of the molecule is [Zn].[c-]1cccnc1. The van der Waals surface area contributed by atoms with Gasteiger partial charge in [0.2, 0.25) is 0 Å². The van der Waals surface area contributed by atoms with Gasteiger partial charge in [-0.25, -0.2) is 12.1 Å². The number of rotatable bonds is 0. The second-order valence-electron chi connectivity index (χ2n) is 0.953. The summed E-state index contributed by atoms with van der Waals surface area (Å²) in [6.07, 6.45) is 3.34. The van der Waals surface area contributed by atoms with E-state index in [2.05, 4.69) is 11.1 Å². The predicted molar refractivity (Wildman–Crippen MR) is 23.1 cm³/mol. The summed E-state index contributed by atoms with van der Waals surface area (Å²) in [5.74, 6) is 0. The third kappa shape index (κ3) is 2.47. The van der Waals surface area contributed by atoms with Crippen LogP contribution in [0.5, 0.6) is 0 Å². The molecular weight excluding hydrogens is 139 g/mol. The molecule has 1 nitrogen and oxygen atoms in total. The van der Waals surface area contributed by atoms with Crippen molar-refractivity contribution in [2.75, 3.05) is 0 Å². The molecule has 0 aliphatic carbocycles. The van der Waals surface area contributed by atoms with E-state index >= 15 is 0 Å². The predicted octanol–water partition coefficient (Wildman–Crippen LogP) is 0.879. The molecule has 0 unspecified atom stereocenters. The number of nitrogens with zero attached hydrogens (tertiary/aromatic N) is 1. The molecule has 7 heavy (non-hydrogen) atoms. The van der Waals surface area contributed by atoms with Gasteiger partial charge in [-0.05, 0) is 0 Å². The fraction of sp³-hybridized carbons (Fsp3) is 0. The first-order valence-corrected chi connectivity index (χ1v) is 1.76. The van der Waals surface area contributed by atoms with Crippen molar-refractivity contribution in [3.05, 3.63) is 30.6 Å². The molecule has 0 radical (unpaired) electrons. The Morgan fingerprint density at radius 3 is 2.43 bits per heavy atom. The van der Waals surface area contributed by atoms with E-state index in [4.69, 9.17) is 0 Å². The van der Waals surface area contributed by atoms with Crippen LogP contribution in [0.2, 0.25) is 0 Å². The summed E-state index contributed by atoms with van der Waals surface area (Å²) in [7, 11) is 0. The van der Waals surface area contributed by atoms with Crippen LogP contribution < -0.4 is 0 Å². The van der Waals surface area contributed by atoms with Gasteiger partial charge in [-0.3, -0.25) is 0 Å². The molecule has 0 atom stereocenters. The Hall–Kier alpha value is -0.227. The van der Waals surface area contributed by atoms with Crippen molar-refractivity contribution in [3.8, 4) is 0 Å². The van der Waals surface area contributed by atoms with Crippen molar-refractivity contribution in [2.45, 2.75) is 0 Å². The minimum absolute atomic E-state index is 0. The van der Waals surface area contributed by atoms with E-state index in [1.165, 1.54) is 0 Å². The fourth-order valence-electron chi connectivity index (χ4n) is 0.277. The average Bonchev–Trinajstić information content (AvgIpc) is 1.72. The van der Waals surface area contributed by atoms with Gasteiger partial charge in [0, 0.05) is 19.5 Å². The zero-order valence-corrected chi connectivity index (χ0v) is 6.93. The number of pyridine rings is 1. The molecule has 1 aromatic rings. The van der Waals surface area contributed by atoms with Crippen molar-refractivity contribution in [3.63, 3.8) is 0 Å². The minimum Gasteiger partial charge on any atom is -0.304 e. The van der Waals surface area contributed by atoms with Gasteiger partial charge >= 0.3 is 0 Å². The van der Waals surface area contributed by atoms with Gasteiger partial charge < -0.3 is 4.98 Å². The van der Waals surface area contributed by atoms with Crippen LogP contribution in [0.3, 0.4) is 0 Å². The molecule has 0 spiro atoms. The molecular formula is C5H4NZn-. The average molecular weight is 143 g/mol. The van der Waals surface area contributed by atoms with E-state index in [1.807, 2.05) is 12.1 Å². The van der Waals surface area contributed by atoms with E-state index in [0.29, 0.717) is 0 Å². The second-order valence-corrected chi connectivity index (χ2v) is 0.953. The Morgan fingerprint density at radius 1 is 1.43 bits per heavy atom. The maximum absolute atomic E-state index is 3.73. The summed E-state index contributed by atoms with van der Waals surface area (Å²) in [5.41, 5.74) is 0. The van der Waals surface area contributed by atoms with Crippen molar-refractivity contribution >= 4 is 0 Å². The molecule has 0 aromatic carbocycles. The van der Waals surface area contributed by atoms with Crippen LogP contribution in [-0.2, 0) is 19.5 Å². The third-order valence-corrected chi connectivity index (χ3v) is 0.514. The van der Waals surface area contributed by atoms with Crippen LogP contribution in [0.1, 0.15) is 0 Å². The summed E-state index contributed by atoms with van der Waals surface area (Å²) in [4.78, 5) is 3.73. The molecule has 0 saturated carbocycles. The fourth-order valence-corrected chi connectivity index (χ4v) is 0.277. The normalized spacial score (nSPS) is 6.86. The van der Waals surface area contributed by atoms with Gasteiger partial charge in [0.05, 0.1) is 0 Å². The maximum atomic E-state index is 3.73. The first-order valence-electron chi connectivity index (χ1n) is 1.76. The molecule has 0 saturated heterocycles. The molecule has 0 bridgehead atoms. The van der Waals surface area contributed by atoms with E-state index in [0.717, 1.165) is 0 Å². The van der Waals surface area contributed by atoms with Crippen LogP contribution in [0.25, 0.3) is 0 Å². The molecule has 0 amide bonds. The molecule has 0 fully saturated rings. The molecule has 0 N–H and O–H groups in total. The van der Waals surface area contributed by atoms with Crippen LogP contribution in [0.4, 0.5) is 0 Å². The van der Waals surface area contributed by atoms with Gasteiger partial charge in [-0.1, -0.05) is 12.4 Å². The Morgan fingerprint density at radius 2 is 2.29 bits per heavy atom. The third-order valence-electron chi connectivity index (χ3n) is 0.514. The summed E-state index contributed by atoms with van der Waals surface area (Å²) in [6, 6.07) is 6.43. The second kappa shape index (κ2) is 3.95. The maximum Gasteiger partial charge on any atom is 0 e. The van der Waals surface area contributed by atoms with Gasteiger partial charge in [-0.2, -0.15) is 6.07 Å². The monoisotopic (exact) mass is 142 g/mol. The van der Waals surface area contributed by atoms with Gasteiger partial charge in [0.1, 0.15) is 0 Å². The van der Waals surface area contributed by atoms with Crippen LogP contribution >= 0.6 is 0 Å². The van der Waals surface area contributed by atoms with Crippen molar-refractivity contribution < 1.29 is 19.5 Å². The molecule has 1 aromatic heterocycles. The van der Waals surface area contributed by atoms with Crippen LogP contribution in [-0.4, -0.2) is 4.98 Å². The standard InChI is InChI=1S/C5H4N.Zn/c1-2-4-6-5-3-1;/h1-2,4-5H;/q-1;. The number of aromatic nitrogens is 1. The summed E-state index contributed by atoms with van der Waals surface area (Å²) in [5, 5.41) is 0. The number of hydrogen-bond acceptors (Lipinski definition) is 1. The van der Waals surface area contributed by atoms with Crippen molar-refractivity contribution in [1.82, 2.24) is 4.98 Å².